The molecular formula is C13H22O4. The molecule has 4 heteroatoms. The van der Waals surface area contributed by atoms with Crippen molar-refractivity contribution in [2.24, 2.45) is 5.92 Å². The lowest BCUT2D eigenvalue weighted by atomic mass is 9.79. The van der Waals surface area contributed by atoms with Gasteiger partial charge in [-0.2, -0.15) is 0 Å². The van der Waals surface area contributed by atoms with Crippen LogP contribution >= 0.6 is 0 Å². The van der Waals surface area contributed by atoms with Gasteiger partial charge in [0, 0.05) is 0 Å². The van der Waals surface area contributed by atoms with Crippen molar-refractivity contribution in [3.63, 3.8) is 0 Å². The van der Waals surface area contributed by atoms with Crippen molar-refractivity contribution in [3.05, 3.63) is 12.7 Å². The van der Waals surface area contributed by atoms with Crippen molar-refractivity contribution in [3.8, 4) is 0 Å². The summed E-state index contributed by atoms with van der Waals surface area (Å²) in [5.74, 6) is -0.198. The van der Waals surface area contributed by atoms with Crippen LogP contribution in [-0.2, 0) is 14.3 Å². The molecule has 1 saturated carbocycles. The maximum atomic E-state index is 11.5. The molecule has 0 spiro atoms. The monoisotopic (exact) mass is 242 g/mol. The van der Waals surface area contributed by atoms with Gasteiger partial charge in [0.05, 0.1) is 31.3 Å². The molecule has 0 aliphatic heterocycles. The van der Waals surface area contributed by atoms with Crippen LogP contribution in [0.15, 0.2) is 12.7 Å². The first-order valence-corrected chi connectivity index (χ1v) is 6.19. The molecule has 0 atom stereocenters. The number of carbonyl (C=O) groups excluding carboxylic acids is 1. The fourth-order valence-electron chi connectivity index (χ4n) is 2.13. The summed E-state index contributed by atoms with van der Waals surface area (Å²) in [6.45, 7) is 6.54. The third-order valence-corrected chi connectivity index (χ3v) is 3.14. The van der Waals surface area contributed by atoms with E-state index in [9.17, 15) is 9.90 Å². The summed E-state index contributed by atoms with van der Waals surface area (Å²) in [7, 11) is 0. The molecule has 0 aromatic carbocycles. The number of hydrogen-bond acceptors (Lipinski definition) is 4. The Bertz CT molecular complexity index is 254. The molecule has 98 valence electrons. The quantitative estimate of drug-likeness (QED) is 0.437. The molecule has 0 aromatic heterocycles. The number of rotatable bonds is 6. The first kappa shape index (κ1) is 14.2. The second kappa shape index (κ2) is 6.77. The highest BCUT2D eigenvalue weighted by Gasteiger charge is 2.36. The van der Waals surface area contributed by atoms with Crippen LogP contribution in [0.25, 0.3) is 0 Å². The molecule has 1 fully saturated rings. The van der Waals surface area contributed by atoms with Crippen LogP contribution in [0, 0.1) is 5.92 Å². The highest BCUT2D eigenvalue weighted by atomic mass is 16.5. The van der Waals surface area contributed by atoms with Crippen LogP contribution in [0.5, 0.6) is 0 Å². The van der Waals surface area contributed by atoms with Crippen LogP contribution in [0.4, 0.5) is 0 Å². The van der Waals surface area contributed by atoms with Gasteiger partial charge in [0.2, 0.25) is 0 Å². The zero-order valence-corrected chi connectivity index (χ0v) is 10.5. The second-order valence-electron chi connectivity index (χ2n) is 4.55. The van der Waals surface area contributed by atoms with E-state index in [0.29, 0.717) is 45.5 Å². The molecule has 1 aliphatic rings. The average molecular weight is 242 g/mol. The van der Waals surface area contributed by atoms with Gasteiger partial charge >= 0.3 is 5.97 Å². The predicted octanol–water partition coefficient (Wildman–Crippen LogP) is 1.67. The Morgan fingerprint density at radius 1 is 1.53 bits per heavy atom. The Morgan fingerprint density at radius 3 is 2.71 bits per heavy atom. The van der Waals surface area contributed by atoms with Gasteiger partial charge in [-0.25, -0.2) is 0 Å². The van der Waals surface area contributed by atoms with Gasteiger partial charge in [-0.3, -0.25) is 4.79 Å². The molecular weight excluding hydrogens is 220 g/mol. The normalized spacial score (nSPS) is 28.7. The van der Waals surface area contributed by atoms with E-state index in [1.54, 1.807) is 13.0 Å². The summed E-state index contributed by atoms with van der Waals surface area (Å²) in [6, 6.07) is 0. The van der Waals surface area contributed by atoms with Crippen molar-refractivity contribution in [1.29, 1.82) is 0 Å². The van der Waals surface area contributed by atoms with Crippen molar-refractivity contribution >= 4 is 5.97 Å². The zero-order chi connectivity index (χ0) is 12.7. The third-order valence-electron chi connectivity index (χ3n) is 3.14. The van der Waals surface area contributed by atoms with Gasteiger partial charge in [-0.05, 0) is 32.6 Å². The Balaban J connectivity index is 2.33. The third kappa shape index (κ3) is 4.48. The summed E-state index contributed by atoms with van der Waals surface area (Å²) in [6.07, 6.45) is 4.19. The zero-order valence-electron chi connectivity index (χ0n) is 10.5. The van der Waals surface area contributed by atoms with E-state index >= 15 is 0 Å². The Kier molecular flexibility index (Phi) is 5.65. The van der Waals surface area contributed by atoms with Crippen molar-refractivity contribution < 1.29 is 19.4 Å². The number of esters is 1. The SMILES string of the molecule is C=CCOCC1(O)CCC(C(=O)OCC)CC1. The molecule has 0 radical (unpaired) electrons. The van der Waals surface area contributed by atoms with Crippen LogP contribution in [-0.4, -0.2) is 36.5 Å². The van der Waals surface area contributed by atoms with Crippen LogP contribution in [0.2, 0.25) is 0 Å². The summed E-state index contributed by atoms with van der Waals surface area (Å²) >= 11 is 0. The summed E-state index contributed by atoms with van der Waals surface area (Å²) in [5.41, 5.74) is -0.786. The van der Waals surface area contributed by atoms with Gasteiger partial charge < -0.3 is 14.6 Å². The van der Waals surface area contributed by atoms with E-state index in [-0.39, 0.29) is 11.9 Å². The highest BCUT2D eigenvalue weighted by Crippen LogP contribution is 2.33. The van der Waals surface area contributed by atoms with E-state index in [4.69, 9.17) is 9.47 Å². The van der Waals surface area contributed by atoms with E-state index in [1.165, 1.54) is 0 Å². The molecule has 1 rings (SSSR count). The smallest absolute Gasteiger partial charge is 0.308 e. The van der Waals surface area contributed by atoms with Crippen molar-refractivity contribution in [2.45, 2.75) is 38.2 Å². The molecule has 0 saturated heterocycles. The number of aliphatic hydroxyl groups is 1. The summed E-state index contributed by atoms with van der Waals surface area (Å²) < 4.78 is 10.3. The Hall–Kier alpha value is -0.870. The maximum Gasteiger partial charge on any atom is 0.308 e. The molecule has 0 unspecified atom stereocenters. The lowest BCUT2D eigenvalue weighted by Crippen LogP contribution is -2.40. The first-order valence-electron chi connectivity index (χ1n) is 6.19. The van der Waals surface area contributed by atoms with Gasteiger partial charge in [0.25, 0.3) is 0 Å². The van der Waals surface area contributed by atoms with Crippen LogP contribution in [0.1, 0.15) is 32.6 Å². The van der Waals surface area contributed by atoms with E-state index < -0.39 is 5.60 Å². The fourth-order valence-corrected chi connectivity index (χ4v) is 2.13. The molecule has 0 heterocycles. The highest BCUT2D eigenvalue weighted by molar-refractivity contribution is 5.72. The van der Waals surface area contributed by atoms with Crippen LogP contribution in [0.3, 0.4) is 0 Å². The fraction of sp³-hybridized carbons (Fsp3) is 0.769. The summed E-state index contributed by atoms with van der Waals surface area (Å²) in [4.78, 5) is 11.5. The molecule has 1 aliphatic carbocycles. The Morgan fingerprint density at radius 2 is 2.18 bits per heavy atom. The lowest BCUT2D eigenvalue weighted by molar-refractivity contribution is -0.152. The standard InChI is InChI=1S/C13H22O4/c1-3-9-16-10-13(15)7-5-11(6-8-13)12(14)17-4-2/h3,11,15H,1,4-10H2,2H3. The predicted molar refractivity (Wildman–Crippen MR) is 64.6 cm³/mol. The van der Waals surface area contributed by atoms with Crippen LogP contribution < -0.4 is 0 Å². The number of ether oxygens (including phenoxy) is 2. The minimum absolute atomic E-state index is 0.0605. The molecule has 0 amide bonds. The van der Waals surface area contributed by atoms with E-state index in [2.05, 4.69) is 6.58 Å². The maximum absolute atomic E-state index is 11.5. The first-order chi connectivity index (χ1) is 8.11. The van der Waals surface area contributed by atoms with Crippen molar-refractivity contribution in [2.75, 3.05) is 19.8 Å². The largest absolute Gasteiger partial charge is 0.466 e. The molecule has 17 heavy (non-hydrogen) atoms. The van der Waals surface area contributed by atoms with E-state index in [0.717, 1.165) is 0 Å². The number of carbonyl (C=O) groups is 1. The van der Waals surface area contributed by atoms with E-state index in [1.807, 2.05) is 0 Å². The lowest BCUT2D eigenvalue weighted by Gasteiger charge is -2.34. The molecule has 1 N–H and O–H groups in total. The molecule has 4 nitrogen and oxygen atoms in total. The van der Waals surface area contributed by atoms with Crippen molar-refractivity contribution in [1.82, 2.24) is 0 Å². The topological polar surface area (TPSA) is 55.8 Å². The minimum Gasteiger partial charge on any atom is -0.466 e. The summed E-state index contributed by atoms with van der Waals surface area (Å²) in [5, 5.41) is 10.2. The van der Waals surface area contributed by atoms with Gasteiger partial charge in [0.15, 0.2) is 0 Å². The molecule has 0 bridgehead atoms. The van der Waals surface area contributed by atoms with Gasteiger partial charge in [-0.1, -0.05) is 6.08 Å². The average Bonchev–Trinajstić information content (AvgIpc) is 2.30. The second-order valence-corrected chi connectivity index (χ2v) is 4.55. The molecule has 0 aromatic rings. The van der Waals surface area contributed by atoms with Gasteiger partial charge in [0.1, 0.15) is 0 Å². The van der Waals surface area contributed by atoms with Gasteiger partial charge in [-0.15, -0.1) is 6.58 Å². The Labute approximate surface area is 103 Å². The number of hydrogen-bond donors (Lipinski definition) is 1. The minimum atomic E-state index is -0.786.